The lowest BCUT2D eigenvalue weighted by molar-refractivity contribution is -0.800. The lowest BCUT2D eigenvalue weighted by atomic mass is 9.81. The molecule has 3 rings (SSSR count). The van der Waals surface area contributed by atoms with Gasteiger partial charge in [0.2, 0.25) is 0 Å². The average Bonchev–Trinajstić information content (AvgIpc) is 2.04. The number of hydrogen-bond donors (Lipinski definition) is 0. The first kappa shape index (κ1) is 7.66. The third-order valence-corrected chi connectivity index (χ3v) is 2.20. The molecule has 0 amide bonds. The second kappa shape index (κ2) is 2.03. The fraction of sp³-hybridized carbons (Fsp3) is 0.143. The van der Waals surface area contributed by atoms with Crippen LogP contribution in [0.3, 0.4) is 0 Å². The van der Waals surface area contributed by atoms with Gasteiger partial charge in [-0.15, -0.1) is 0 Å². The average molecular weight is 180 g/mol. The van der Waals surface area contributed by atoms with Crippen molar-refractivity contribution in [2.75, 3.05) is 0 Å². The number of benzene rings is 1. The Bertz CT molecular complexity index is 372. The number of hydrogen-bond acceptors (Lipinski definition) is 4. The van der Waals surface area contributed by atoms with Crippen molar-refractivity contribution in [3.63, 3.8) is 0 Å². The summed E-state index contributed by atoms with van der Waals surface area (Å²) in [4.78, 5) is 19.5. The highest BCUT2D eigenvalue weighted by atomic mass is 16.7. The van der Waals surface area contributed by atoms with Gasteiger partial charge < -0.3 is 0 Å². The molecule has 2 bridgehead atoms. The molecule has 6 heteroatoms. The SMILES string of the molecule is O=[N+]([O-])C1([N+](=O)[O-])c2cccc1c2. The fourth-order valence-electron chi connectivity index (χ4n) is 1.53. The zero-order valence-electron chi connectivity index (χ0n) is 6.34. The quantitative estimate of drug-likeness (QED) is 0.381. The van der Waals surface area contributed by atoms with E-state index in [0.717, 1.165) is 0 Å². The van der Waals surface area contributed by atoms with Gasteiger partial charge in [0.05, 0.1) is 0 Å². The maximum Gasteiger partial charge on any atom is 0.510 e. The first-order valence-electron chi connectivity index (χ1n) is 3.50. The van der Waals surface area contributed by atoms with Crippen molar-refractivity contribution < 1.29 is 9.85 Å². The monoisotopic (exact) mass is 180 g/mol. The normalized spacial score (nSPS) is 16.0. The van der Waals surface area contributed by atoms with Crippen molar-refractivity contribution in [2.24, 2.45) is 0 Å². The van der Waals surface area contributed by atoms with E-state index in [4.69, 9.17) is 0 Å². The van der Waals surface area contributed by atoms with Crippen LogP contribution < -0.4 is 0 Å². The van der Waals surface area contributed by atoms with Gasteiger partial charge in [-0.1, -0.05) is 6.07 Å². The van der Waals surface area contributed by atoms with Gasteiger partial charge in [-0.05, 0) is 18.2 Å². The van der Waals surface area contributed by atoms with Crippen molar-refractivity contribution in [1.29, 1.82) is 0 Å². The Kier molecular flexibility index (Phi) is 1.20. The second-order valence-corrected chi connectivity index (χ2v) is 2.77. The molecule has 0 unspecified atom stereocenters. The van der Waals surface area contributed by atoms with Crippen LogP contribution in [0.25, 0.3) is 0 Å². The fourth-order valence-corrected chi connectivity index (χ4v) is 1.53. The number of fused-ring (bicyclic) bond motifs is 2. The number of nitro groups is 2. The van der Waals surface area contributed by atoms with Crippen LogP contribution >= 0.6 is 0 Å². The molecule has 0 atom stereocenters. The van der Waals surface area contributed by atoms with Gasteiger partial charge in [0.15, 0.2) is 0 Å². The van der Waals surface area contributed by atoms with Gasteiger partial charge in [0.25, 0.3) is 0 Å². The largest absolute Gasteiger partial charge is 0.510 e. The molecule has 0 N–H and O–H groups in total. The zero-order valence-corrected chi connectivity index (χ0v) is 6.34. The Balaban J connectivity index is 2.63. The van der Waals surface area contributed by atoms with Crippen LogP contribution in [0.5, 0.6) is 0 Å². The van der Waals surface area contributed by atoms with Gasteiger partial charge in [0, 0.05) is 0 Å². The maximum atomic E-state index is 10.6. The van der Waals surface area contributed by atoms with Crippen molar-refractivity contribution in [3.8, 4) is 0 Å². The van der Waals surface area contributed by atoms with Crippen LogP contribution in [-0.4, -0.2) is 9.85 Å². The molecule has 0 heterocycles. The molecular weight excluding hydrogens is 176 g/mol. The topological polar surface area (TPSA) is 86.3 Å². The van der Waals surface area contributed by atoms with Gasteiger partial charge in [-0.2, -0.15) is 0 Å². The summed E-state index contributed by atoms with van der Waals surface area (Å²) in [5.74, 6) is 0. The molecule has 13 heavy (non-hydrogen) atoms. The molecule has 0 saturated heterocycles. The molecule has 66 valence electrons. The van der Waals surface area contributed by atoms with Crippen molar-refractivity contribution in [2.45, 2.75) is 5.66 Å². The Morgan fingerprint density at radius 2 is 1.54 bits per heavy atom. The van der Waals surface area contributed by atoms with Gasteiger partial charge >= 0.3 is 5.66 Å². The van der Waals surface area contributed by atoms with Gasteiger partial charge in [-0.3, -0.25) is 20.2 Å². The van der Waals surface area contributed by atoms with Gasteiger partial charge in [-0.25, -0.2) is 0 Å². The minimum absolute atomic E-state index is 0.139. The predicted octanol–water partition coefficient (Wildman–Crippen LogP) is 0.754. The predicted molar refractivity (Wildman–Crippen MR) is 41.2 cm³/mol. The molecule has 0 aliphatic heterocycles. The van der Waals surface area contributed by atoms with Crippen molar-refractivity contribution in [1.82, 2.24) is 0 Å². The highest BCUT2D eigenvalue weighted by Gasteiger charge is 2.65. The van der Waals surface area contributed by atoms with Crippen LogP contribution in [-0.2, 0) is 5.66 Å². The lowest BCUT2D eigenvalue weighted by Gasteiger charge is -2.24. The third kappa shape index (κ3) is 0.629. The van der Waals surface area contributed by atoms with E-state index in [2.05, 4.69) is 0 Å². The van der Waals surface area contributed by atoms with Crippen LogP contribution in [0.2, 0.25) is 0 Å². The minimum Gasteiger partial charge on any atom is -0.258 e. The summed E-state index contributed by atoms with van der Waals surface area (Å²) < 4.78 is 0. The van der Waals surface area contributed by atoms with E-state index in [1.165, 1.54) is 18.2 Å². The molecule has 0 spiro atoms. The van der Waals surface area contributed by atoms with E-state index in [9.17, 15) is 20.2 Å². The Morgan fingerprint density at radius 1 is 1.08 bits per heavy atom. The minimum atomic E-state index is -2.19. The Labute approximate surface area is 72.1 Å². The highest BCUT2D eigenvalue weighted by molar-refractivity contribution is 5.44. The van der Waals surface area contributed by atoms with E-state index < -0.39 is 15.5 Å². The van der Waals surface area contributed by atoms with E-state index in [-0.39, 0.29) is 11.1 Å². The van der Waals surface area contributed by atoms with E-state index in [0.29, 0.717) is 0 Å². The first-order chi connectivity index (χ1) is 6.10. The molecule has 0 aromatic heterocycles. The van der Waals surface area contributed by atoms with Gasteiger partial charge in [0.1, 0.15) is 21.0 Å². The molecule has 6 nitrogen and oxygen atoms in total. The van der Waals surface area contributed by atoms with Crippen LogP contribution in [0.15, 0.2) is 24.3 Å². The lowest BCUT2D eigenvalue weighted by Crippen LogP contribution is -2.49. The molecule has 0 radical (unpaired) electrons. The smallest absolute Gasteiger partial charge is 0.258 e. The van der Waals surface area contributed by atoms with Crippen LogP contribution in [0.4, 0.5) is 0 Å². The molecule has 0 saturated carbocycles. The second-order valence-electron chi connectivity index (χ2n) is 2.77. The van der Waals surface area contributed by atoms with Crippen LogP contribution in [0.1, 0.15) is 11.1 Å². The molecular formula is C7H4N2O4. The summed E-state index contributed by atoms with van der Waals surface area (Å²) in [6, 6.07) is 5.79. The number of nitrogens with zero attached hydrogens (tertiary/aromatic N) is 2. The summed E-state index contributed by atoms with van der Waals surface area (Å²) in [6.07, 6.45) is 0. The number of rotatable bonds is 2. The molecule has 0 fully saturated rings. The standard InChI is InChI=1S/C7H4N2O4/c10-8(11)7(9(12)13)5-2-1-3-6(7)4-5/h1-4H. The Morgan fingerprint density at radius 3 is 1.77 bits per heavy atom. The van der Waals surface area contributed by atoms with Crippen molar-refractivity contribution >= 4 is 0 Å². The van der Waals surface area contributed by atoms with Crippen molar-refractivity contribution in [3.05, 3.63) is 55.6 Å². The zero-order chi connectivity index (χ0) is 9.64. The van der Waals surface area contributed by atoms with E-state index in [1.807, 2.05) is 0 Å². The Hall–Kier alpha value is -1.98. The summed E-state index contributed by atoms with van der Waals surface area (Å²) in [5, 5.41) is 21.2. The molecule has 1 aromatic rings. The van der Waals surface area contributed by atoms with E-state index in [1.54, 1.807) is 6.07 Å². The highest BCUT2D eigenvalue weighted by Crippen LogP contribution is 2.42. The summed E-state index contributed by atoms with van der Waals surface area (Å²) in [6.45, 7) is 0. The molecule has 2 aliphatic carbocycles. The summed E-state index contributed by atoms with van der Waals surface area (Å²) >= 11 is 0. The van der Waals surface area contributed by atoms with Crippen LogP contribution in [0, 0.1) is 20.2 Å². The van der Waals surface area contributed by atoms with E-state index >= 15 is 0 Å². The summed E-state index contributed by atoms with van der Waals surface area (Å²) in [7, 11) is 0. The third-order valence-electron chi connectivity index (χ3n) is 2.20. The first-order valence-corrected chi connectivity index (χ1v) is 3.50. The molecule has 1 aromatic carbocycles. The summed E-state index contributed by atoms with van der Waals surface area (Å²) in [5.41, 5.74) is -1.91. The maximum absolute atomic E-state index is 10.6. The molecule has 2 aliphatic rings.